The van der Waals surface area contributed by atoms with Gasteiger partial charge in [-0.05, 0) is 50.4 Å². The van der Waals surface area contributed by atoms with Gasteiger partial charge in [-0.25, -0.2) is 8.78 Å². The van der Waals surface area contributed by atoms with Gasteiger partial charge in [0.1, 0.15) is 0 Å². The molecule has 0 amide bonds. The summed E-state index contributed by atoms with van der Waals surface area (Å²) < 4.78 is 26.0. The second kappa shape index (κ2) is 5.76. The zero-order valence-electron chi connectivity index (χ0n) is 10.6. The first-order valence-electron chi connectivity index (χ1n) is 6.42. The van der Waals surface area contributed by atoms with Gasteiger partial charge in [0.05, 0.1) is 6.10 Å². The predicted molar refractivity (Wildman–Crippen MR) is 66.1 cm³/mol. The summed E-state index contributed by atoms with van der Waals surface area (Å²) in [5.41, 5.74) is 0.784. The maximum absolute atomic E-state index is 13.1. The molecule has 2 unspecified atom stereocenters. The molecule has 1 fully saturated rings. The number of halogens is 2. The zero-order chi connectivity index (χ0) is 13.1. The van der Waals surface area contributed by atoms with E-state index >= 15 is 0 Å². The molecule has 1 saturated heterocycles. The summed E-state index contributed by atoms with van der Waals surface area (Å²) in [4.78, 5) is 2.24. The number of aliphatic hydroxyl groups is 1. The van der Waals surface area contributed by atoms with Crippen molar-refractivity contribution in [3.8, 4) is 0 Å². The molecular weight excluding hydrogens is 236 g/mol. The minimum atomic E-state index is -0.805. The monoisotopic (exact) mass is 255 g/mol. The van der Waals surface area contributed by atoms with Crippen molar-refractivity contribution in [3.63, 3.8) is 0 Å². The van der Waals surface area contributed by atoms with Crippen molar-refractivity contribution in [1.82, 2.24) is 4.90 Å². The lowest BCUT2D eigenvalue weighted by Gasteiger charge is -2.25. The van der Waals surface area contributed by atoms with Crippen LogP contribution in [0.2, 0.25) is 0 Å². The van der Waals surface area contributed by atoms with Gasteiger partial charge in [0.15, 0.2) is 11.6 Å². The molecule has 0 bridgehead atoms. The van der Waals surface area contributed by atoms with Gasteiger partial charge >= 0.3 is 0 Å². The SMILES string of the molecule is CC(O)CC1CCCN1Cc1ccc(F)c(F)c1. The molecule has 1 heterocycles. The van der Waals surface area contributed by atoms with Crippen LogP contribution in [0.3, 0.4) is 0 Å². The summed E-state index contributed by atoms with van der Waals surface area (Å²) in [5, 5.41) is 9.44. The summed E-state index contributed by atoms with van der Waals surface area (Å²) >= 11 is 0. The van der Waals surface area contributed by atoms with Crippen molar-refractivity contribution in [2.24, 2.45) is 0 Å². The normalized spacial score (nSPS) is 22.3. The summed E-state index contributed by atoms with van der Waals surface area (Å²) in [6.07, 6.45) is 2.58. The van der Waals surface area contributed by atoms with Gasteiger partial charge in [-0.2, -0.15) is 0 Å². The smallest absolute Gasteiger partial charge is 0.159 e. The zero-order valence-corrected chi connectivity index (χ0v) is 10.6. The number of nitrogens with zero attached hydrogens (tertiary/aromatic N) is 1. The van der Waals surface area contributed by atoms with Gasteiger partial charge in [0.25, 0.3) is 0 Å². The molecule has 18 heavy (non-hydrogen) atoms. The van der Waals surface area contributed by atoms with E-state index in [2.05, 4.69) is 4.90 Å². The Morgan fingerprint density at radius 1 is 1.39 bits per heavy atom. The van der Waals surface area contributed by atoms with Crippen LogP contribution in [0.15, 0.2) is 18.2 Å². The van der Waals surface area contributed by atoms with E-state index in [0.29, 0.717) is 12.6 Å². The molecule has 1 aromatic carbocycles. The molecule has 100 valence electrons. The van der Waals surface area contributed by atoms with Gasteiger partial charge in [-0.15, -0.1) is 0 Å². The quantitative estimate of drug-likeness (QED) is 0.894. The lowest BCUT2D eigenvalue weighted by molar-refractivity contribution is 0.130. The largest absolute Gasteiger partial charge is 0.393 e. The molecule has 0 spiro atoms. The Labute approximate surface area is 106 Å². The first kappa shape index (κ1) is 13.4. The third-order valence-electron chi connectivity index (χ3n) is 3.48. The highest BCUT2D eigenvalue weighted by atomic mass is 19.2. The van der Waals surface area contributed by atoms with E-state index in [9.17, 15) is 13.9 Å². The van der Waals surface area contributed by atoms with Crippen LogP contribution in [0, 0.1) is 11.6 Å². The molecular formula is C14H19F2NO. The van der Waals surface area contributed by atoms with E-state index in [1.54, 1.807) is 13.0 Å². The van der Waals surface area contributed by atoms with Crippen molar-refractivity contribution in [1.29, 1.82) is 0 Å². The highest BCUT2D eigenvalue weighted by Gasteiger charge is 2.25. The predicted octanol–water partition coefficient (Wildman–Crippen LogP) is 2.70. The van der Waals surface area contributed by atoms with Gasteiger partial charge in [-0.3, -0.25) is 4.90 Å². The molecule has 1 aliphatic heterocycles. The molecule has 0 aromatic heterocycles. The van der Waals surface area contributed by atoms with Crippen molar-refractivity contribution in [3.05, 3.63) is 35.4 Å². The number of hydrogen-bond acceptors (Lipinski definition) is 2. The molecule has 0 radical (unpaired) electrons. The summed E-state index contributed by atoms with van der Waals surface area (Å²) in [7, 11) is 0. The summed E-state index contributed by atoms with van der Waals surface area (Å²) in [6.45, 7) is 3.36. The minimum absolute atomic E-state index is 0.319. The molecule has 2 rings (SSSR count). The van der Waals surface area contributed by atoms with Crippen LogP contribution < -0.4 is 0 Å². The van der Waals surface area contributed by atoms with Crippen molar-refractivity contribution < 1.29 is 13.9 Å². The Balaban J connectivity index is 2.01. The average molecular weight is 255 g/mol. The van der Waals surface area contributed by atoms with E-state index in [4.69, 9.17) is 0 Å². The molecule has 1 aromatic rings. The Morgan fingerprint density at radius 2 is 2.17 bits per heavy atom. The first-order chi connectivity index (χ1) is 8.56. The maximum atomic E-state index is 13.1. The number of likely N-dealkylation sites (tertiary alicyclic amines) is 1. The van der Waals surface area contributed by atoms with Crippen molar-refractivity contribution in [2.75, 3.05) is 6.54 Å². The fourth-order valence-corrected chi connectivity index (χ4v) is 2.64. The third kappa shape index (κ3) is 3.27. The average Bonchev–Trinajstić information content (AvgIpc) is 2.70. The lowest BCUT2D eigenvalue weighted by Crippen LogP contribution is -2.31. The van der Waals surface area contributed by atoms with Crippen LogP contribution >= 0.6 is 0 Å². The highest BCUT2D eigenvalue weighted by Crippen LogP contribution is 2.24. The van der Waals surface area contributed by atoms with Crippen LogP contribution in [-0.2, 0) is 6.54 Å². The first-order valence-corrected chi connectivity index (χ1v) is 6.42. The fourth-order valence-electron chi connectivity index (χ4n) is 2.64. The van der Waals surface area contributed by atoms with E-state index < -0.39 is 11.6 Å². The maximum Gasteiger partial charge on any atom is 0.159 e. The van der Waals surface area contributed by atoms with Gasteiger partial charge in [-0.1, -0.05) is 6.07 Å². The van der Waals surface area contributed by atoms with Crippen molar-refractivity contribution >= 4 is 0 Å². The van der Waals surface area contributed by atoms with E-state index in [1.165, 1.54) is 12.1 Å². The molecule has 2 nitrogen and oxygen atoms in total. The highest BCUT2D eigenvalue weighted by molar-refractivity contribution is 5.18. The Hall–Kier alpha value is -1.00. The van der Waals surface area contributed by atoms with Crippen molar-refractivity contribution in [2.45, 2.75) is 44.9 Å². The molecule has 1 aliphatic rings. The molecule has 4 heteroatoms. The van der Waals surface area contributed by atoms with E-state index in [1.807, 2.05) is 0 Å². The fraction of sp³-hybridized carbons (Fsp3) is 0.571. The number of benzene rings is 1. The minimum Gasteiger partial charge on any atom is -0.393 e. The number of aliphatic hydroxyl groups excluding tert-OH is 1. The van der Waals surface area contributed by atoms with E-state index in [-0.39, 0.29) is 6.10 Å². The third-order valence-corrected chi connectivity index (χ3v) is 3.48. The molecule has 0 aliphatic carbocycles. The Kier molecular flexibility index (Phi) is 4.30. The Bertz CT molecular complexity index is 409. The van der Waals surface area contributed by atoms with Crippen LogP contribution in [0.1, 0.15) is 31.7 Å². The molecule has 2 atom stereocenters. The van der Waals surface area contributed by atoms with Crippen LogP contribution in [0.4, 0.5) is 8.78 Å². The van der Waals surface area contributed by atoms with Crippen LogP contribution in [0.5, 0.6) is 0 Å². The Morgan fingerprint density at radius 3 is 2.83 bits per heavy atom. The second-order valence-corrected chi connectivity index (χ2v) is 5.10. The topological polar surface area (TPSA) is 23.5 Å². The standard InChI is InChI=1S/C14H19F2NO/c1-10(18)7-12-3-2-6-17(12)9-11-4-5-13(15)14(16)8-11/h4-5,8,10,12,18H,2-3,6-7,9H2,1H3. The van der Waals surface area contributed by atoms with Crippen LogP contribution in [-0.4, -0.2) is 28.7 Å². The number of rotatable bonds is 4. The summed E-state index contributed by atoms with van der Waals surface area (Å²) in [5.74, 6) is -1.60. The van der Waals surface area contributed by atoms with Crippen LogP contribution in [0.25, 0.3) is 0 Å². The number of hydrogen-bond donors (Lipinski definition) is 1. The summed E-state index contributed by atoms with van der Waals surface area (Å²) in [6, 6.07) is 4.39. The lowest BCUT2D eigenvalue weighted by atomic mass is 10.1. The second-order valence-electron chi connectivity index (χ2n) is 5.10. The molecule has 1 N–H and O–H groups in total. The van der Waals surface area contributed by atoms with E-state index in [0.717, 1.165) is 31.4 Å². The van der Waals surface area contributed by atoms with Gasteiger partial charge in [0, 0.05) is 12.6 Å². The molecule has 0 saturated carbocycles. The van der Waals surface area contributed by atoms with Gasteiger partial charge in [0.2, 0.25) is 0 Å². The van der Waals surface area contributed by atoms with Gasteiger partial charge < -0.3 is 5.11 Å².